The molecule has 5 aliphatic rings. The number of aromatic amines is 2. The van der Waals surface area contributed by atoms with E-state index in [9.17, 15) is 0 Å². The van der Waals surface area contributed by atoms with Gasteiger partial charge in [-0.05, 0) is 48.6 Å². The van der Waals surface area contributed by atoms with E-state index in [2.05, 4.69) is 103 Å². The van der Waals surface area contributed by atoms with E-state index in [4.69, 9.17) is 9.98 Å². The van der Waals surface area contributed by atoms with Crippen LogP contribution in [0, 0.1) is 10.7 Å². The molecule has 0 saturated heterocycles. The van der Waals surface area contributed by atoms with Gasteiger partial charge in [-0.25, -0.2) is 9.98 Å². The SMILES string of the molecule is C1=CC2=NC1=CN1C=CN(C=c3ccc([nH]3)=c3ccc([nH]3)=CN3C=CN(C=C4C=CC2=N4)C3)C1. The maximum absolute atomic E-state index is 4.77. The zero-order valence-electron chi connectivity index (χ0n) is 18.3. The predicted octanol–water partition coefficient (Wildman–Crippen LogP) is 1.92. The topological polar surface area (TPSA) is 69.3 Å². The highest BCUT2D eigenvalue weighted by Gasteiger charge is 2.16. The van der Waals surface area contributed by atoms with Crippen molar-refractivity contribution in [3.05, 3.63) is 119 Å². The van der Waals surface area contributed by atoms with E-state index in [0.717, 1.165) is 57.6 Å². The van der Waals surface area contributed by atoms with Crippen LogP contribution in [0.1, 0.15) is 0 Å². The van der Waals surface area contributed by atoms with Crippen molar-refractivity contribution in [3.63, 3.8) is 0 Å². The monoisotopic (exact) mass is 446 g/mol. The Morgan fingerprint density at radius 2 is 0.971 bits per heavy atom. The number of H-pyrrole nitrogens is 2. The number of allylic oxidation sites excluding steroid dienone is 4. The van der Waals surface area contributed by atoms with Crippen LogP contribution in [0.25, 0.3) is 12.4 Å². The number of aliphatic imine (C=N–C) groups is 2. The third-order valence-electron chi connectivity index (χ3n) is 6.05. The summed E-state index contributed by atoms with van der Waals surface area (Å²) >= 11 is 0. The Labute approximate surface area is 195 Å². The lowest BCUT2D eigenvalue weighted by atomic mass is 10.2. The third kappa shape index (κ3) is 3.51. The second-order valence-electron chi connectivity index (χ2n) is 8.62. The highest BCUT2D eigenvalue weighted by molar-refractivity contribution is 6.51. The van der Waals surface area contributed by atoms with Gasteiger partial charge in [0.2, 0.25) is 0 Å². The van der Waals surface area contributed by atoms with Gasteiger partial charge in [0, 0.05) is 49.6 Å². The van der Waals surface area contributed by atoms with Crippen molar-refractivity contribution in [1.29, 1.82) is 0 Å². The lowest BCUT2D eigenvalue weighted by Gasteiger charge is -2.14. The van der Waals surface area contributed by atoms with Gasteiger partial charge in [0.05, 0.1) is 57.6 Å². The minimum Gasteiger partial charge on any atom is -0.353 e. The molecule has 0 spiro atoms. The van der Waals surface area contributed by atoms with E-state index in [0.29, 0.717) is 0 Å². The Hall–Kier alpha value is -4.72. The molecule has 2 N–H and O–H groups in total. The van der Waals surface area contributed by atoms with Crippen molar-refractivity contribution in [3.8, 4) is 0 Å². The first-order chi connectivity index (χ1) is 16.7. The Morgan fingerprint density at radius 3 is 1.44 bits per heavy atom. The van der Waals surface area contributed by atoms with E-state index in [1.807, 2.05) is 24.3 Å². The summed E-state index contributed by atoms with van der Waals surface area (Å²) in [7, 11) is 0. The number of nitrogens with zero attached hydrogens (tertiary/aromatic N) is 6. The molecule has 8 nitrogen and oxygen atoms in total. The quantitative estimate of drug-likeness (QED) is 0.649. The number of fused-ring (bicyclic) bond motifs is 11. The van der Waals surface area contributed by atoms with Crippen LogP contribution in [0.2, 0.25) is 0 Å². The normalized spacial score (nSPS) is 20.0. The zero-order valence-corrected chi connectivity index (χ0v) is 18.3. The summed E-state index contributed by atoms with van der Waals surface area (Å²) in [5, 5.41) is 4.20. The minimum absolute atomic E-state index is 0.727. The zero-order chi connectivity index (χ0) is 22.5. The van der Waals surface area contributed by atoms with Crippen LogP contribution < -0.4 is 10.7 Å². The second-order valence-corrected chi connectivity index (χ2v) is 8.62. The van der Waals surface area contributed by atoms with Crippen molar-refractivity contribution in [1.82, 2.24) is 29.6 Å². The lowest BCUT2D eigenvalue weighted by molar-refractivity contribution is 0.411. The molecule has 0 atom stereocenters. The number of aromatic nitrogens is 2. The smallest absolute Gasteiger partial charge is 0.0979 e. The maximum Gasteiger partial charge on any atom is 0.0979 e. The van der Waals surface area contributed by atoms with Gasteiger partial charge in [-0.3, -0.25) is 0 Å². The highest BCUT2D eigenvalue weighted by atomic mass is 15.3. The van der Waals surface area contributed by atoms with Gasteiger partial charge >= 0.3 is 0 Å². The third-order valence-corrected chi connectivity index (χ3v) is 6.05. The average Bonchev–Trinajstić information content (AvgIpc) is 3.64. The van der Waals surface area contributed by atoms with Crippen molar-refractivity contribution >= 4 is 23.8 Å². The molecule has 2 aromatic rings. The van der Waals surface area contributed by atoms with E-state index >= 15 is 0 Å². The molecule has 7 rings (SSSR count). The summed E-state index contributed by atoms with van der Waals surface area (Å²) in [6.07, 6.45) is 24.6. The molecule has 166 valence electrons. The van der Waals surface area contributed by atoms with Gasteiger partial charge in [-0.15, -0.1) is 0 Å². The standard InChI is InChI=1S/C26H22N8/c1-5-23-24-6-2-20(28-24)14-33-11-12-34(18-33)16-22-4-8-26(30-22)25-7-3-21(29-25)15-32-10-9-31(17-32)13-19(1)27-23/h1-16,27-28H,17-18H2. The van der Waals surface area contributed by atoms with Gasteiger partial charge in [-0.1, -0.05) is 0 Å². The fraction of sp³-hybridized carbons (Fsp3) is 0.0769. The van der Waals surface area contributed by atoms with Crippen LogP contribution in [0.5, 0.6) is 0 Å². The molecule has 0 unspecified atom stereocenters. The first-order valence-electron chi connectivity index (χ1n) is 11.2. The van der Waals surface area contributed by atoms with Crippen LogP contribution in [0.3, 0.4) is 0 Å². The molecule has 0 radical (unpaired) electrons. The summed E-state index contributed by atoms with van der Waals surface area (Å²) in [6, 6.07) is 8.39. The Bertz CT molecular complexity index is 1510. The van der Waals surface area contributed by atoms with Gasteiger partial charge < -0.3 is 29.6 Å². The van der Waals surface area contributed by atoms with Crippen LogP contribution in [0.4, 0.5) is 0 Å². The van der Waals surface area contributed by atoms with Gasteiger partial charge in [0.15, 0.2) is 0 Å². The summed E-state index contributed by atoms with van der Waals surface area (Å²) in [4.78, 5) is 25.1. The Balaban J connectivity index is 1.30. The molecule has 5 aliphatic heterocycles. The molecule has 0 amide bonds. The van der Waals surface area contributed by atoms with E-state index < -0.39 is 0 Å². The van der Waals surface area contributed by atoms with Crippen LogP contribution >= 0.6 is 0 Å². The summed E-state index contributed by atoms with van der Waals surface area (Å²) in [6.45, 7) is 1.45. The summed E-state index contributed by atoms with van der Waals surface area (Å²) in [5.41, 5.74) is 3.59. The number of hydrogen-bond donors (Lipinski definition) is 2. The van der Waals surface area contributed by atoms with E-state index in [1.54, 1.807) is 0 Å². The van der Waals surface area contributed by atoms with Crippen LogP contribution in [-0.4, -0.2) is 54.3 Å². The molecule has 2 aromatic heterocycles. The van der Waals surface area contributed by atoms with Crippen molar-refractivity contribution in [2.24, 2.45) is 9.98 Å². The van der Waals surface area contributed by atoms with Crippen LogP contribution in [0.15, 0.2) is 107 Å². The molecule has 7 heterocycles. The highest BCUT2D eigenvalue weighted by Crippen LogP contribution is 2.19. The predicted molar refractivity (Wildman–Crippen MR) is 132 cm³/mol. The van der Waals surface area contributed by atoms with Crippen LogP contribution in [-0.2, 0) is 0 Å². The molecule has 12 bridgehead atoms. The van der Waals surface area contributed by atoms with Gasteiger partial charge in [0.25, 0.3) is 0 Å². The lowest BCUT2D eigenvalue weighted by Crippen LogP contribution is -2.20. The molecular formula is C26H22N8. The van der Waals surface area contributed by atoms with E-state index in [-0.39, 0.29) is 0 Å². The minimum atomic E-state index is 0.727. The maximum atomic E-state index is 4.77. The van der Waals surface area contributed by atoms with Gasteiger partial charge in [-0.2, -0.15) is 0 Å². The first kappa shape index (κ1) is 18.8. The number of nitrogens with one attached hydrogen (secondary N) is 2. The largest absolute Gasteiger partial charge is 0.353 e. The molecule has 0 aliphatic carbocycles. The molecule has 8 heteroatoms. The van der Waals surface area contributed by atoms with Crippen molar-refractivity contribution < 1.29 is 0 Å². The van der Waals surface area contributed by atoms with Crippen molar-refractivity contribution in [2.45, 2.75) is 0 Å². The fourth-order valence-electron chi connectivity index (χ4n) is 4.41. The molecular weight excluding hydrogens is 424 g/mol. The van der Waals surface area contributed by atoms with E-state index in [1.165, 1.54) is 0 Å². The fourth-order valence-corrected chi connectivity index (χ4v) is 4.41. The molecule has 34 heavy (non-hydrogen) atoms. The number of hydrogen-bond acceptors (Lipinski definition) is 6. The Kier molecular flexibility index (Phi) is 4.10. The first-order valence-corrected chi connectivity index (χ1v) is 11.2. The molecule has 0 aromatic carbocycles. The Morgan fingerprint density at radius 1 is 0.529 bits per heavy atom. The number of rotatable bonds is 0. The second kappa shape index (κ2) is 7.41. The summed E-state index contributed by atoms with van der Waals surface area (Å²) in [5.74, 6) is 0. The molecule has 0 saturated carbocycles. The van der Waals surface area contributed by atoms with Gasteiger partial charge in [0.1, 0.15) is 0 Å². The molecule has 0 fully saturated rings. The summed E-state index contributed by atoms with van der Waals surface area (Å²) < 4.78 is 0. The average molecular weight is 447 g/mol. The van der Waals surface area contributed by atoms with Crippen molar-refractivity contribution in [2.75, 3.05) is 13.3 Å².